The van der Waals surface area contributed by atoms with Crippen LogP contribution in [0.1, 0.15) is 10.4 Å². The summed E-state index contributed by atoms with van der Waals surface area (Å²) in [4.78, 5) is 10.6. The van der Waals surface area contributed by atoms with E-state index < -0.39 is 38.9 Å². The van der Waals surface area contributed by atoms with Gasteiger partial charge in [-0.2, -0.15) is 0 Å². The molecular weight excluding hydrogens is 312 g/mol. The minimum atomic E-state index is -4.03. The van der Waals surface area contributed by atoms with Gasteiger partial charge in [-0.1, -0.05) is 6.07 Å². The van der Waals surface area contributed by atoms with E-state index in [9.17, 15) is 22.0 Å². The second kappa shape index (κ2) is 5.17. The van der Waals surface area contributed by atoms with Gasteiger partial charge in [0.15, 0.2) is 0 Å². The first kappa shape index (κ1) is 14.4. The molecule has 2 N–H and O–H groups in total. The lowest BCUT2D eigenvalue weighted by molar-refractivity contribution is 0.0691. The van der Waals surface area contributed by atoms with Crippen molar-refractivity contribution in [1.29, 1.82) is 0 Å². The minimum Gasteiger partial charge on any atom is -0.478 e. The summed E-state index contributed by atoms with van der Waals surface area (Å²) in [5.74, 6) is -4.05. The van der Waals surface area contributed by atoms with Gasteiger partial charge in [0.25, 0.3) is 10.0 Å². The summed E-state index contributed by atoms with van der Waals surface area (Å²) in [6.07, 6.45) is 0. The third-order valence-corrected chi connectivity index (χ3v) is 5.05. The van der Waals surface area contributed by atoms with Gasteiger partial charge in [-0.15, -0.1) is 11.3 Å². The molecule has 20 heavy (non-hydrogen) atoms. The molecule has 0 aliphatic heterocycles. The molecule has 2 aromatic rings. The van der Waals surface area contributed by atoms with Crippen LogP contribution < -0.4 is 4.72 Å². The van der Waals surface area contributed by atoms with Crippen LogP contribution in [0.2, 0.25) is 0 Å². The number of benzene rings is 1. The first-order chi connectivity index (χ1) is 9.31. The number of thiophene rings is 1. The molecular formula is C11H7F2NO4S2. The van der Waals surface area contributed by atoms with Crippen LogP contribution in [0.25, 0.3) is 0 Å². The fraction of sp³-hybridized carbons (Fsp3) is 0. The van der Waals surface area contributed by atoms with Crippen molar-refractivity contribution in [2.45, 2.75) is 4.21 Å². The lowest BCUT2D eigenvalue weighted by Gasteiger charge is -2.08. The maximum atomic E-state index is 13.6. The van der Waals surface area contributed by atoms with E-state index in [0.717, 1.165) is 11.3 Å². The predicted octanol–water partition coefficient (Wildman–Crippen LogP) is 2.53. The Hall–Kier alpha value is -2.00. The SMILES string of the molecule is O=C(O)c1cc(F)c(NS(=O)(=O)c2cccs2)cc1F. The van der Waals surface area contributed by atoms with Crippen molar-refractivity contribution >= 4 is 33.0 Å². The van der Waals surface area contributed by atoms with Crippen molar-refractivity contribution in [1.82, 2.24) is 0 Å². The molecule has 0 atom stereocenters. The number of rotatable bonds is 4. The summed E-state index contributed by atoms with van der Waals surface area (Å²) >= 11 is 0.906. The van der Waals surface area contributed by atoms with E-state index in [4.69, 9.17) is 5.11 Å². The molecule has 0 fully saturated rings. The van der Waals surface area contributed by atoms with Crippen molar-refractivity contribution in [3.8, 4) is 0 Å². The van der Waals surface area contributed by atoms with Crippen LogP contribution in [0.3, 0.4) is 0 Å². The lowest BCUT2D eigenvalue weighted by atomic mass is 10.2. The van der Waals surface area contributed by atoms with Crippen LogP contribution in [0.5, 0.6) is 0 Å². The number of hydrogen-bond donors (Lipinski definition) is 2. The number of hydrogen-bond acceptors (Lipinski definition) is 4. The number of aromatic carboxylic acids is 1. The number of halogens is 2. The fourth-order valence-corrected chi connectivity index (χ4v) is 3.45. The largest absolute Gasteiger partial charge is 0.478 e. The summed E-state index contributed by atoms with van der Waals surface area (Å²) in [6, 6.07) is 3.70. The second-order valence-electron chi connectivity index (χ2n) is 3.65. The smallest absolute Gasteiger partial charge is 0.338 e. The molecule has 1 aromatic carbocycles. The highest BCUT2D eigenvalue weighted by molar-refractivity contribution is 7.94. The van der Waals surface area contributed by atoms with Gasteiger partial charge in [-0.3, -0.25) is 4.72 Å². The molecule has 0 saturated carbocycles. The highest BCUT2D eigenvalue weighted by atomic mass is 32.2. The minimum absolute atomic E-state index is 0.0698. The molecule has 1 heterocycles. The highest BCUT2D eigenvalue weighted by Gasteiger charge is 2.20. The van der Waals surface area contributed by atoms with Gasteiger partial charge in [0, 0.05) is 6.07 Å². The van der Waals surface area contributed by atoms with Gasteiger partial charge in [0.2, 0.25) is 0 Å². The summed E-state index contributed by atoms with van der Waals surface area (Å²) in [5, 5.41) is 10.1. The third-order valence-electron chi connectivity index (χ3n) is 2.29. The number of nitrogens with one attached hydrogen (secondary N) is 1. The topological polar surface area (TPSA) is 83.5 Å². The lowest BCUT2D eigenvalue weighted by Crippen LogP contribution is -2.14. The van der Waals surface area contributed by atoms with Gasteiger partial charge in [0.1, 0.15) is 15.8 Å². The highest BCUT2D eigenvalue weighted by Crippen LogP contribution is 2.24. The molecule has 0 saturated heterocycles. The average Bonchev–Trinajstić information content (AvgIpc) is 2.87. The van der Waals surface area contributed by atoms with Crippen molar-refractivity contribution in [3.63, 3.8) is 0 Å². The van der Waals surface area contributed by atoms with Crippen molar-refractivity contribution in [3.05, 3.63) is 46.8 Å². The summed E-state index contributed by atoms with van der Waals surface area (Å²) in [7, 11) is -4.03. The standard InChI is InChI=1S/C11H7F2NO4S2/c12-7-5-9(8(13)4-6(7)11(15)16)14-20(17,18)10-2-1-3-19-10/h1-5,14H,(H,15,16). The molecule has 0 bridgehead atoms. The predicted molar refractivity (Wildman–Crippen MR) is 68.4 cm³/mol. The maximum absolute atomic E-state index is 13.6. The maximum Gasteiger partial charge on any atom is 0.338 e. The van der Waals surface area contributed by atoms with Crippen molar-refractivity contribution in [2.75, 3.05) is 4.72 Å². The van der Waals surface area contributed by atoms with Gasteiger partial charge >= 0.3 is 5.97 Å². The molecule has 0 unspecified atom stereocenters. The van der Waals surface area contributed by atoms with Crippen LogP contribution in [-0.4, -0.2) is 19.5 Å². The van der Waals surface area contributed by atoms with Crippen LogP contribution in [-0.2, 0) is 10.0 Å². The number of carboxylic acids is 1. The zero-order chi connectivity index (χ0) is 14.9. The molecule has 9 heteroatoms. The number of anilines is 1. The molecule has 0 spiro atoms. The van der Waals surface area contributed by atoms with E-state index in [2.05, 4.69) is 0 Å². The number of carbonyl (C=O) groups is 1. The Bertz CT molecular complexity index is 757. The average molecular weight is 319 g/mol. The van der Waals surface area contributed by atoms with E-state index in [1.54, 1.807) is 0 Å². The zero-order valence-electron chi connectivity index (χ0n) is 9.63. The third kappa shape index (κ3) is 2.78. The van der Waals surface area contributed by atoms with E-state index >= 15 is 0 Å². The fourth-order valence-electron chi connectivity index (χ4n) is 1.40. The molecule has 0 aliphatic rings. The van der Waals surface area contributed by atoms with Gasteiger partial charge in [0.05, 0.1) is 11.3 Å². The summed E-state index contributed by atoms with van der Waals surface area (Å²) < 4.78 is 52.5. The van der Waals surface area contributed by atoms with Crippen molar-refractivity contribution in [2.24, 2.45) is 0 Å². The Morgan fingerprint density at radius 3 is 2.50 bits per heavy atom. The van der Waals surface area contributed by atoms with Gasteiger partial charge in [-0.25, -0.2) is 22.0 Å². The summed E-state index contributed by atoms with van der Waals surface area (Å²) in [5.41, 5.74) is -1.53. The molecule has 2 rings (SSSR count). The van der Waals surface area contributed by atoms with Gasteiger partial charge < -0.3 is 5.11 Å². The molecule has 5 nitrogen and oxygen atoms in total. The van der Waals surface area contributed by atoms with Crippen LogP contribution in [0, 0.1) is 11.6 Å². The van der Waals surface area contributed by atoms with E-state index in [0.29, 0.717) is 12.1 Å². The molecule has 1 aromatic heterocycles. The van der Waals surface area contributed by atoms with E-state index in [1.807, 2.05) is 4.72 Å². The first-order valence-corrected chi connectivity index (χ1v) is 7.46. The molecule has 0 radical (unpaired) electrons. The normalized spacial score (nSPS) is 11.3. The number of carboxylic acid groups (broad SMARTS) is 1. The zero-order valence-corrected chi connectivity index (χ0v) is 11.3. The molecule has 0 aliphatic carbocycles. The Morgan fingerprint density at radius 2 is 1.95 bits per heavy atom. The van der Waals surface area contributed by atoms with Crippen LogP contribution >= 0.6 is 11.3 Å². The van der Waals surface area contributed by atoms with E-state index in [-0.39, 0.29) is 4.21 Å². The Morgan fingerprint density at radius 1 is 1.25 bits per heavy atom. The second-order valence-corrected chi connectivity index (χ2v) is 6.51. The van der Waals surface area contributed by atoms with Crippen LogP contribution in [0.15, 0.2) is 33.9 Å². The van der Waals surface area contributed by atoms with E-state index in [1.165, 1.54) is 17.5 Å². The Balaban J connectivity index is 2.41. The van der Waals surface area contributed by atoms with Gasteiger partial charge in [-0.05, 0) is 17.5 Å². The van der Waals surface area contributed by atoms with Crippen molar-refractivity contribution < 1.29 is 27.1 Å². The first-order valence-electron chi connectivity index (χ1n) is 5.10. The molecule has 0 amide bonds. The summed E-state index contributed by atoms with van der Waals surface area (Å²) in [6.45, 7) is 0. The monoisotopic (exact) mass is 319 g/mol. The Kier molecular flexibility index (Phi) is 3.73. The molecule has 106 valence electrons. The Labute approximate surface area is 116 Å². The quantitative estimate of drug-likeness (QED) is 0.907. The van der Waals surface area contributed by atoms with Crippen LogP contribution in [0.4, 0.5) is 14.5 Å². The number of sulfonamides is 1.